The van der Waals surface area contributed by atoms with Crippen molar-refractivity contribution in [3.8, 4) is 0 Å². The van der Waals surface area contributed by atoms with Crippen molar-refractivity contribution in [2.45, 2.75) is 13.5 Å². The van der Waals surface area contributed by atoms with Gasteiger partial charge in [-0.05, 0) is 42.3 Å². The van der Waals surface area contributed by atoms with Crippen LogP contribution in [-0.2, 0) is 6.54 Å². The molecule has 0 aromatic heterocycles. The molecule has 0 aliphatic heterocycles. The first-order valence-corrected chi connectivity index (χ1v) is 6.69. The number of benzene rings is 2. The maximum absolute atomic E-state index is 13.0. The Kier molecular flexibility index (Phi) is 4.34. The fraction of sp³-hybridized carbons (Fsp3) is 0.143. The Morgan fingerprint density at radius 1 is 1.30 bits per heavy atom. The van der Waals surface area contributed by atoms with Crippen LogP contribution in [0.25, 0.3) is 0 Å². The van der Waals surface area contributed by atoms with Gasteiger partial charge in [0.15, 0.2) is 0 Å². The summed E-state index contributed by atoms with van der Waals surface area (Å²) < 4.78 is 13.6. The van der Waals surface area contributed by atoms with Crippen molar-refractivity contribution >= 4 is 27.3 Å². The molecule has 104 valence electrons. The molecular formula is C14H12BrFN2O2. The van der Waals surface area contributed by atoms with Gasteiger partial charge < -0.3 is 5.32 Å². The third-order valence-electron chi connectivity index (χ3n) is 2.82. The van der Waals surface area contributed by atoms with E-state index in [1.165, 1.54) is 24.3 Å². The van der Waals surface area contributed by atoms with Crippen LogP contribution < -0.4 is 5.32 Å². The number of nitro benzene ring substituents is 1. The van der Waals surface area contributed by atoms with Crippen LogP contribution in [0.5, 0.6) is 0 Å². The first kappa shape index (κ1) is 14.5. The van der Waals surface area contributed by atoms with Crippen molar-refractivity contribution < 1.29 is 9.31 Å². The summed E-state index contributed by atoms with van der Waals surface area (Å²) >= 11 is 3.25. The molecule has 20 heavy (non-hydrogen) atoms. The molecule has 0 bridgehead atoms. The van der Waals surface area contributed by atoms with E-state index in [4.69, 9.17) is 0 Å². The summed E-state index contributed by atoms with van der Waals surface area (Å²) in [4.78, 5) is 10.4. The van der Waals surface area contributed by atoms with Crippen molar-refractivity contribution in [1.29, 1.82) is 0 Å². The van der Waals surface area contributed by atoms with E-state index in [1.54, 1.807) is 19.1 Å². The lowest BCUT2D eigenvalue weighted by atomic mass is 10.1. The second-order valence-corrected chi connectivity index (χ2v) is 5.30. The van der Waals surface area contributed by atoms with Crippen LogP contribution >= 0.6 is 15.9 Å². The molecule has 4 nitrogen and oxygen atoms in total. The summed E-state index contributed by atoms with van der Waals surface area (Å²) in [5.74, 6) is -0.286. The number of nitrogens with zero attached hydrogens (tertiary/aromatic N) is 1. The van der Waals surface area contributed by atoms with Crippen molar-refractivity contribution in [2.24, 2.45) is 0 Å². The van der Waals surface area contributed by atoms with E-state index in [1.807, 2.05) is 0 Å². The minimum atomic E-state index is -0.433. The standard InChI is InChI=1S/C14H12BrFN2O2/c1-9-4-12(16)2-3-14(9)17-8-10-5-11(15)7-13(6-10)18(19)20/h2-7,17H,8H2,1H3. The summed E-state index contributed by atoms with van der Waals surface area (Å²) in [6, 6.07) is 9.23. The van der Waals surface area contributed by atoms with Crippen LogP contribution in [-0.4, -0.2) is 4.92 Å². The number of nitro groups is 1. The molecule has 2 aromatic rings. The van der Waals surface area contributed by atoms with Crippen molar-refractivity contribution in [1.82, 2.24) is 0 Å². The van der Waals surface area contributed by atoms with Gasteiger partial charge in [0.05, 0.1) is 4.92 Å². The zero-order valence-electron chi connectivity index (χ0n) is 10.7. The zero-order valence-corrected chi connectivity index (χ0v) is 12.3. The van der Waals surface area contributed by atoms with Crippen LogP contribution in [0.2, 0.25) is 0 Å². The van der Waals surface area contributed by atoms with E-state index in [0.717, 1.165) is 16.8 Å². The number of nitrogens with one attached hydrogen (secondary N) is 1. The molecular weight excluding hydrogens is 327 g/mol. The quantitative estimate of drug-likeness (QED) is 0.663. The van der Waals surface area contributed by atoms with E-state index in [-0.39, 0.29) is 11.5 Å². The second kappa shape index (κ2) is 6.00. The normalized spacial score (nSPS) is 10.3. The van der Waals surface area contributed by atoms with Gasteiger partial charge in [-0.2, -0.15) is 0 Å². The highest BCUT2D eigenvalue weighted by atomic mass is 79.9. The molecule has 1 N–H and O–H groups in total. The van der Waals surface area contributed by atoms with Gasteiger partial charge in [-0.3, -0.25) is 10.1 Å². The number of halogens is 2. The number of non-ortho nitro benzene ring substituents is 1. The largest absolute Gasteiger partial charge is 0.381 e. The van der Waals surface area contributed by atoms with Gasteiger partial charge in [0.1, 0.15) is 5.82 Å². The molecule has 0 aliphatic carbocycles. The molecule has 6 heteroatoms. The molecule has 0 saturated carbocycles. The molecule has 0 heterocycles. The highest BCUT2D eigenvalue weighted by molar-refractivity contribution is 9.10. The summed E-state index contributed by atoms with van der Waals surface area (Å²) in [7, 11) is 0. The van der Waals surface area contributed by atoms with Gasteiger partial charge in [0, 0.05) is 28.8 Å². The van der Waals surface area contributed by atoms with E-state index >= 15 is 0 Å². The van der Waals surface area contributed by atoms with E-state index in [0.29, 0.717) is 11.0 Å². The van der Waals surface area contributed by atoms with Gasteiger partial charge in [-0.1, -0.05) is 15.9 Å². The maximum atomic E-state index is 13.0. The first-order valence-electron chi connectivity index (χ1n) is 5.89. The summed E-state index contributed by atoms with van der Waals surface area (Å²) in [6.07, 6.45) is 0. The second-order valence-electron chi connectivity index (χ2n) is 4.39. The molecule has 0 amide bonds. The molecule has 0 unspecified atom stereocenters. The number of aryl methyl sites for hydroxylation is 1. The topological polar surface area (TPSA) is 55.2 Å². The molecule has 0 fully saturated rings. The van der Waals surface area contributed by atoms with Crippen molar-refractivity contribution in [3.63, 3.8) is 0 Å². The average molecular weight is 339 g/mol. The average Bonchev–Trinajstić information content (AvgIpc) is 2.37. The smallest absolute Gasteiger partial charge is 0.270 e. The minimum absolute atomic E-state index is 0.0343. The molecule has 0 saturated heterocycles. The molecule has 0 aliphatic rings. The molecule has 0 radical (unpaired) electrons. The summed E-state index contributed by atoms with van der Waals surface area (Å²) in [5, 5.41) is 13.9. The Labute approximate surface area is 123 Å². The lowest BCUT2D eigenvalue weighted by molar-refractivity contribution is -0.385. The van der Waals surface area contributed by atoms with Crippen LogP contribution in [0, 0.1) is 22.9 Å². The van der Waals surface area contributed by atoms with Crippen molar-refractivity contribution in [3.05, 3.63) is 67.9 Å². The Morgan fingerprint density at radius 2 is 2.05 bits per heavy atom. The summed E-state index contributed by atoms with van der Waals surface area (Å²) in [6.45, 7) is 2.22. The molecule has 2 rings (SSSR count). The number of hydrogen-bond acceptors (Lipinski definition) is 3. The van der Waals surface area contributed by atoms with Crippen LogP contribution in [0.15, 0.2) is 40.9 Å². The minimum Gasteiger partial charge on any atom is -0.381 e. The molecule has 0 atom stereocenters. The number of rotatable bonds is 4. The molecule has 0 spiro atoms. The maximum Gasteiger partial charge on any atom is 0.270 e. The first-order chi connectivity index (χ1) is 9.45. The Morgan fingerprint density at radius 3 is 2.70 bits per heavy atom. The monoisotopic (exact) mass is 338 g/mol. The Balaban J connectivity index is 2.16. The van der Waals surface area contributed by atoms with E-state index in [9.17, 15) is 14.5 Å². The Bertz CT molecular complexity index is 662. The Hall–Kier alpha value is -1.95. The number of hydrogen-bond donors (Lipinski definition) is 1. The van der Waals surface area contributed by atoms with Gasteiger partial charge >= 0.3 is 0 Å². The van der Waals surface area contributed by atoms with Gasteiger partial charge in [0.2, 0.25) is 0 Å². The highest BCUT2D eigenvalue weighted by Crippen LogP contribution is 2.23. The third kappa shape index (κ3) is 3.54. The SMILES string of the molecule is Cc1cc(F)ccc1NCc1cc(Br)cc([N+](=O)[O-])c1. The van der Waals surface area contributed by atoms with E-state index < -0.39 is 4.92 Å². The molecule has 2 aromatic carbocycles. The van der Waals surface area contributed by atoms with Crippen LogP contribution in [0.3, 0.4) is 0 Å². The van der Waals surface area contributed by atoms with Gasteiger partial charge in [0.25, 0.3) is 5.69 Å². The highest BCUT2D eigenvalue weighted by Gasteiger charge is 2.09. The lowest BCUT2D eigenvalue weighted by Crippen LogP contribution is -2.02. The van der Waals surface area contributed by atoms with Crippen LogP contribution in [0.4, 0.5) is 15.8 Å². The third-order valence-corrected chi connectivity index (χ3v) is 3.28. The summed E-state index contributed by atoms with van der Waals surface area (Å²) in [5.41, 5.74) is 2.39. The van der Waals surface area contributed by atoms with Crippen LogP contribution in [0.1, 0.15) is 11.1 Å². The predicted octanol–water partition coefficient (Wildman–Crippen LogP) is 4.42. The zero-order chi connectivity index (χ0) is 14.7. The fourth-order valence-electron chi connectivity index (χ4n) is 1.86. The predicted molar refractivity (Wildman–Crippen MR) is 79.3 cm³/mol. The lowest BCUT2D eigenvalue weighted by Gasteiger charge is -2.10. The van der Waals surface area contributed by atoms with E-state index in [2.05, 4.69) is 21.2 Å². The van der Waals surface area contributed by atoms with Crippen molar-refractivity contribution in [2.75, 3.05) is 5.32 Å². The number of anilines is 1. The fourth-order valence-corrected chi connectivity index (χ4v) is 2.39. The van der Waals surface area contributed by atoms with Gasteiger partial charge in [-0.25, -0.2) is 4.39 Å². The van der Waals surface area contributed by atoms with Gasteiger partial charge in [-0.15, -0.1) is 0 Å².